The maximum absolute atomic E-state index is 2.70. The summed E-state index contributed by atoms with van der Waals surface area (Å²) in [5, 5.41) is 0. The van der Waals surface area contributed by atoms with Gasteiger partial charge < -0.3 is 9.80 Å². The smallest absolute Gasteiger partial charge is 0.252 e. The monoisotopic (exact) mass is 831 g/mol. The summed E-state index contributed by atoms with van der Waals surface area (Å²) in [5.41, 5.74) is 24.5. The Hall–Kier alpha value is -5.02. The molecule has 0 saturated carbocycles. The first-order valence-electron chi connectivity index (χ1n) is 23.7. The number of nitrogens with zero attached hydrogens (tertiary/aromatic N) is 2. The average Bonchev–Trinajstić information content (AvgIpc) is 3.50. The van der Waals surface area contributed by atoms with Crippen molar-refractivity contribution in [1.29, 1.82) is 0 Å². The lowest BCUT2D eigenvalue weighted by Crippen LogP contribution is -2.61. The van der Waals surface area contributed by atoms with Crippen molar-refractivity contribution in [3.8, 4) is 11.1 Å². The molecule has 6 aromatic carbocycles. The Morgan fingerprint density at radius 1 is 0.476 bits per heavy atom. The quantitative estimate of drug-likeness (QED) is 0.163. The third-order valence-electron chi connectivity index (χ3n) is 14.4. The van der Waals surface area contributed by atoms with Gasteiger partial charge in [-0.15, -0.1) is 0 Å². The van der Waals surface area contributed by atoms with Gasteiger partial charge in [-0.1, -0.05) is 171 Å². The number of hydrogen-bond donors (Lipinski definition) is 0. The van der Waals surface area contributed by atoms with E-state index in [4.69, 9.17) is 0 Å². The van der Waals surface area contributed by atoms with Crippen LogP contribution in [0.3, 0.4) is 0 Å². The van der Waals surface area contributed by atoms with Gasteiger partial charge in [0.2, 0.25) is 0 Å². The fourth-order valence-corrected chi connectivity index (χ4v) is 10.6. The maximum atomic E-state index is 2.70. The largest absolute Gasteiger partial charge is 0.311 e. The van der Waals surface area contributed by atoms with Crippen molar-refractivity contribution in [3.05, 3.63) is 148 Å². The first-order chi connectivity index (χ1) is 29.3. The molecule has 9 rings (SSSR count). The minimum atomic E-state index is -0.0134. The highest BCUT2D eigenvalue weighted by atomic mass is 15.2. The Morgan fingerprint density at radius 2 is 0.984 bits per heavy atom. The van der Waals surface area contributed by atoms with Gasteiger partial charge in [0.05, 0.1) is 5.69 Å². The normalized spacial score (nSPS) is 15.7. The number of benzene rings is 6. The van der Waals surface area contributed by atoms with Gasteiger partial charge in [0.1, 0.15) is 0 Å². The Kier molecular flexibility index (Phi) is 9.95. The molecule has 0 unspecified atom stereocenters. The van der Waals surface area contributed by atoms with Crippen LogP contribution in [0, 0.1) is 5.41 Å². The molecule has 0 spiro atoms. The lowest BCUT2D eigenvalue weighted by Gasteiger charge is -2.45. The van der Waals surface area contributed by atoms with E-state index in [2.05, 4.69) is 230 Å². The summed E-state index contributed by atoms with van der Waals surface area (Å²) in [4.78, 5) is 5.30. The molecule has 0 fully saturated rings. The molecule has 0 atom stereocenters. The number of fused-ring (bicyclic) bond motifs is 5. The predicted molar refractivity (Wildman–Crippen MR) is 276 cm³/mol. The van der Waals surface area contributed by atoms with Crippen LogP contribution >= 0.6 is 0 Å². The van der Waals surface area contributed by atoms with E-state index in [0.29, 0.717) is 5.92 Å². The molecule has 63 heavy (non-hydrogen) atoms. The van der Waals surface area contributed by atoms with Crippen molar-refractivity contribution in [3.63, 3.8) is 0 Å². The highest BCUT2D eigenvalue weighted by molar-refractivity contribution is 7.00. The summed E-state index contributed by atoms with van der Waals surface area (Å²) < 4.78 is 0. The number of hydrogen-bond acceptors (Lipinski definition) is 2. The SMILES string of the molecule is CC(C)c1cc2c3c(c1)N(c1ccc(C(C)(C)C)cc1-c1cccc(C(C)(C)C)c1)c1cc4c(cc1B3c1cc(C(C)(C)C)ccc1N2c1ccc(C(C)(C)C)cc1)CC(C)(C)C4. The van der Waals surface area contributed by atoms with Gasteiger partial charge in [0.15, 0.2) is 0 Å². The molecule has 0 amide bonds. The van der Waals surface area contributed by atoms with Crippen molar-refractivity contribution in [1.82, 2.24) is 0 Å². The topological polar surface area (TPSA) is 6.48 Å². The molecule has 0 aromatic heterocycles. The highest BCUT2D eigenvalue weighted by Gasteiger charge is 2.46. The van der Waals surface area contributed by atoms with Crippen molar-refractivity contribution in [2.45, 2.75) is 151 Å². The predicted octanol–water partition coefficient (Wildman–Crippen LogP) is 14.9. The maximum Gasteiger partial charge on any atom is 0.252 e. The first-order valence-corrected chi connectivity index (χ1v) is 23.7. The second kappa shape index (κ2) is 14.5. The molecule has 0 N–H and O–H groups in total. The van der Waals surface area contributed by atoms with Crippen molar-refractivity contribution < 1.29 is 0 Å². The van der Waals surface area contributed by atoms with Crippen LogP contribution in [-0.4, -0.2) is 6.71 Å². The second-order valence-electron chi connectivity index (χ2n) is 24.6. The van der Waals surface area contributed by atoms with Crippen LogP contribution in [0.5, 0.6) is 0 Å². The summed E-state index contributed by atoms with van der Waals surface area (Å²) in [6, 6.07) is 43.9. The Balaban J connectivity index is 1.42. The zero-order chi connectivity index (χ0) is 45.3. The molecular formula is C60H71BN2. The molecule has 2 heterocycles. The van der Waals surface area contributed by atoms with E-state index in [0.717, 1.165) is 12.8 Å². The van der Waals surface area contributed by atoms with Gasteiger partial charge in [-0.2, -0.15) is 0 Å². The van der Waals surface area contributed by atoms with Crippen LogP contribution in [0.4, 0.5) is 34.1 Å². The second-order valence-corrected chi connectivity index (χ2v) is 24.6. The van der Waals surface area contributed by atoms with E-state index >= 15 is 0 Å². The summed E-state index contributed by atoms with van der Waals surface area (Å²) in [7, 11) is 0. The van der Waals surface area contributed by atoms with E-state index < -0.39 is 0 Å². The molecule has 3 heteroatoms. The fraction of sp³-hybridized carbons (Fsp3) is 0.400. The summed E-state index contributed by atoms with van der Waals surface area (Å²) in [5.74, 6) is 0.329. The molecule has 0 radical (unpaired) electrons. The van der Waals surface area contributed by atoms with Crippen LogP contribution in [0.25, 0.3) is 11.1 Å². The minimum absolute atomic E-state index is 0.00436. The number of anilines is 6. The summed E-state index contributed by atoms with van der Waals surface area (Å²) >= 11 is 0. The van der Waals surface area contributed by atoms with Crippen molar-refractivity contribution in [2.75, 3.05) is 9.80 Å². The van der Waals surface area contributed by atoms with Crippen LogP contribution < -0.4 is 26.2 Å². The molecule has 1 aliphatic carbocycles. The molecule has 0 saturated heterocycles. The first kappa shape index (κ1) is 43.2. The van der Waals surface area contributed by atoms with E-state index in [1.807, 2.05) is 0 Å². The van der Waals surface area contributed by atoms with E-state index in [9.17, 15) is 0 Å². The third-order valence-corrected chi connectivity index (χ3v) is 14.4. The molecular weight excluding hydrogens is 759 g/mol. The van der Waals surface area contributed by atoms with Gasteiger partial charge in [-0.3, -0.25) is 0 Å². The molecule has 6 aromatic rings. The molecule has 2 aliphatic heterocycles. The number of rotatable bonds is 4. The van der Waals surface area contributed by atoms with Gasteiger partial charge in [0.25, 0.3) is 6.71 Å². The Morgan fingerprint density at radius 3 is 1.57 bits per heavy atom. The van der Waals surface area contributed by atoms with E-state index in [1.54, 1.807) is 0 Å². The van der Waals surface area contributed by atoms with Gasteiger partial charge in [-0.25, -0.2) is 0 Å². The summed E-state index contributed by atoms with van der Waals surface area (Å²) in [6.45, 7) is 37.7. The lowest BCUT2D eigenvalue weighted by molar-refractivity contribution is 0.392. The lowest BCUT2D eigenvalue weighted by atomic mass is 9.33. The zero-order valence-corrected chi connectivity index (χ0v) is 41.4. The van der Waals surface area contributed by atoms with Gasteiger partial charge in [-0.05, 0) is 155 Å². The average molecular weight is 831 g/mol. The van der Waals surface area contributed by atoms with E-state index in [-0.39, 0.29) is 33.8 Å². The Labute approximate surface area is 381 Å². The standard InChI is InChI=1S/C60H71BN2/c1-37(2)39-30-53-55-54(31-39)63(50-26-22-44(58(9,10)11)33-47(50)38-18-17-19-43(28-38)57(6,7)8)52-32-41-36-60(15,16)35-40(41)29-48(52)61(55)49-34-45(59(12,13)14)23-27-51(49)62(53)46-24-20-42(21-25-46)56(3,4)5/h17-34,37H,35-36H2,1-16H3. The van der Waals surface area contributed by atoms with Crippen molar-refractivity contribution in [2.24, 2.45) is 5.41 Å². The molecule has 0 bridgehead atoms. The summed E-state index contributed by atoms with van der Waals surface area (Å²) in [6.07, 6.45) is 2.19. The van der Waals surface area contributed by atoms with Crippen molar-refractivity contribution >= 4 is 57.2 Å². The van der Waals surface area contributed by atoms with Gasteiger partial charge >= 0.3 is 0 Å². The third kappa shape index (κ3) is 7.56. The molecule has 324 valence electrons. The Bertz CT molecular complexity index is 2770. The van der Waals surface area contributed by atoms with Crippen LogP contribution in [0.15, 0.2) is 109 Å². The van der Waals surface area contributed by atoms with E-state index in [1.165, 1.54) is 101 Å². The minimum Gasteiger partial charge on any atom is -0.311 e. The highest BCUT2D eigenvalue weighted by Crippen LogP contribution is 2.50. The van der Waals surface area contributed by atoms with Crippen LogP contribution in [0.2, 0.25) is 0 Å². The van der Waals surface area contributed by atoms with Gasteiger partial charge in [0, 0.05) is 34.0 Å². The van der Waals surface area contributed by atoms with Crippen LogP contribution in [-0.2, 0) is 34.5 Å². The zero-order valence-electron chi connectivity index (χ0n) is 41.4. The molecule has 2 nitrogen and oxygen atoms in total. The fourth-order valence-electron chi connectivity index (χ4n) is 10.6. The molecule has 3 aliphatic rings. The van der Waals surface area contributed by atoms with Crippen LogP contribution in [0.1, 0.15) is 156 Å².